The first kappa shape index (κ1) is 15.1. The standard InChI is InChI=1S/C16H22BrNO3/c1-8-9(2)21-10(3)15(8)16(18)11-6-13-14(7-12(11)17)20-5-4-19-13/h6-10,15-16H,4-5,18H2,1-3H3. The summed E-state index contributed by atoms with van der Waals surface area (Å²) in [5.41, 5.74) is 7.63. The number of hydrogen-bond acceptors (Lipinski definition) is 4. The van der Waals surface area contributed by atoms with Gasteiger partial charge in [0.15, 0.2) is 11.5 Å². The van der Waals surface area contributed by atoms with E-state index in [1.165, 1.54) is 0 Å². The average Bonchev–Trinajstić information content (AvgIpc) is 2.70. The highest BCUT2D eigenvalue weighted by Gasteiger charge is 2.41. The van der Waals surface area contributed by atoms with Gasteiger partial charge < -0.3 is 19.9 Å². The van der Waals surface area contributed by atoms with E-state index in [4.69, 9.17) is 19.9 Å². The molecule has 0 saturated carbocycles. The molecule has 5 unspecified atom stereocenters. The molecule has 21 heavy (non-hydrogen) atoms. The lowest BCUT2D eigenvalue weighted by Gasteiger charge is -2.28. The van der Waals surface area contributed by atoms with E-state index in [0.717, 1.165) is 21.5 Å². The summed E-state index contributed by atoms with van der Waals surface area (Å²) in [5.74, 6) is 2.28. The van der Waals surface area contributed by atoms with Crippen LogP contribution in [-0.4, -0.2) is 25.4 Å². The Morgan fingerprint density at radius 3 is 2.29 bits per heavy atom. The summed E-state index contributed by atoms with van der Waals surface area (Å²) < 4.78 is 18.2. The van der Waals surface area contributed by atoms with Crippen molar-refractivity contribution in [1.82, 2.24) is 0 Å². The molecule has 2 heterocycles. The van der Waals surface area contributed by atoms with Crippen molar-refractivity contribution in [3.05, 3.63) is 22.2 Å². The third-order valence-corrected chi connectivity index (χ3v) is 5.44. The lowest BCUT2D eigenvalue weighted by atomic mass is 9.81. The highest BCUT2D eigenvalue weighted by atomic mass is 79.9. The second-order valence-electron chi connectivity index (χ2n) is 6.03. The Kier molecular flexibility index (Phi) is 4.17. The molecule has 2 aliphatic rings. The molecule has 0 spiro atoms. The van der Waals surface area contributed by atoms with Gasteiger partial charge in [0, 0.05) is 16.4 Å². The van der Waals surface area contributed by atoms with Crippen LogP contribution in [0, 0.1) is 11.8 Å². The number of ether oxygens (including phenoxy) is 3. The van der Waals surface area contributed by atoms with Crippen molar-refractivity contribution in [2.24, 2.45) is 17.6 Å². The third kappa shape index (κ3) is 2.67. The minimum atomic E-state index is -0.0925. The van der Waals surface area contributed by atoms with Gasteiger partial charge in [-0.3, -0.25) is 0 Å². The molecule has 4 nitrogen and oxygen atoms in total. The maximum absolute atomic E-state index is 6.57. The molecule has 0 amide bonds. The van der Waals surface area contributed by atoms with Crippen LogP contribution in [0.25, 0.3) is 0 Å². The normalized spacial score (nSPS) is 33.0. The molecule has 0 radical (unpaired) electrons. The minimum Gasteiger partial charge on any atom is -0.486 e. The fourth-order valence-corrected chi connectivity index (χ4v) is 4.04. The van der Waals surface area contributed by atoms with Gasteiger partial charge in [-0.15, -0.1) is 0 Å². The predicted molar refractivity (Wildman–Crippen MR) is 84.7 cm³/mol. The maximum Gasteiger partial charge on any atom is 0.162 e. The van der Waals surface area contributed by atoms with Crippen molar-refractivity contribution in [3.8, 4) is 11.5 Å². The molecule has 116 valence electrons. The molecule has 0 aliphatic carbocycles. The first-order valence-corrected chi connectivity index (χ1v) is 8.28. The van der Waals surface area contributed by atoms with Gasteiger partial charge in [0.1, 0.15) is 13.2 Å². The smallest absolute Gasteiger partial charge is 0.162 e. The number of rotatable bonds is 2. The van der Waals surface area contributed by atoms with Gasteiger partial charge in [-0.2, -0.15) is 0 Å². The van der Waals surface area contributed by atoms with Crippen molar-refractivity contribution in [2.45, 2.75) is 39.0 Å². The van der Waals surface area contributed by atoms with E-state index in [1.54, 1.807) is 0 Å². The van der Waals surface area contributed by atoms with Crippen LogP contribution >= 0.6 is 15.9 Å². The van der Waals surface area contributed by atoms with E-state index in [1.807, 2.05) is 12.1 Å². The van der Waals surface area contributed by atoms with E-state index in [-0.39, 0.29) is 18.2 Å². The van der Waals surface area contributed by atoms with Crippen LogP contribution in [0.15, 0.2) is 16.6 Å². The first-order valence-electron chi connectivity index (χ1n) is 7.49. The monoisotopic (exact) mass is 355 g/mol. The summed E-state index contributed by atoms with van der Waals surface area (Å²) >= 11 is 3.62. The molecular weight excluding hydrogens is 334 g/mol. The minimum absolute atomic E-state index is 0.0925. The fourth-order valence-electron chi connectivity index (χ4n) is 3.46. The van der Waals surface area contributed by atoms with Crippen LogP contribution in [0.5, 0.6) is 11.5 Å². The van der Waals surface area contributed by atoms with Crippen LogP contribution in [-0.2, 0) is 4.74 Å². The van der Waals surface area contributed by atoms with Gasteiger partial charge in [-0.25, -0.2) is 0 Å². The molecule has 1 fully saturated rings. The number of nitrogens with two attached hydrogens (primary N) is 1. The van der Waals surface area contributed by atoms with Crippen molar-refractivity contribution >= 4 is 15.9 Å². The zero-order valence-corrected chi connectivity index (χ0v) is 14.2. The van der Waals surface area contributed by atoms with Gasteiger partial charge in [0.25, 0.3) is 0 Å². The van der Waals surface area contributed by atoms with Gasteiger partial charge >= 0.3 is 0 Å². The molecule has 2 aliphatic heterocycles. The average molecular weight is 356 g/mol. The Balaban J connectivity index is 1.92. The zero-order chi connectivity index (χ0) is 15.1. The third-order valence-electron chi connectivity index (χ3n) is 4.75. The van der Waals surface area contributed by atoms with Gasteiger partial charge in [0.05, 0.1) is 12.2 Å². The molecule has 3 rings (SSSR count). The molecule has 5 atom stereocenters. The SMILES string of the molecule is CC1OC(C)C(C(N)c2cc3c(cc2Br)OCCO3)C1C. The fraction of sp³-hybridized carbons (Fsp3) is 0.625. The quantitative estimate of drug-likeness (QED) is 0.884. The Labute approximate surface area is 134 Å². The van der Waals surface area contributed by atoms with Crippen LogP contribution in [0.3, 0.4) is 0 Å². The van der Waals surface area contributed by atoms with Crippen LogP contribution in [0.1, 0.15) is 32.4 Å². The van der Waals surface area contributed by atoms with Crippen molar-refractivity contribution in [2.75, 3.05) is 13.2 Å². The van der Waals surface area contributed by atoms with Gasteiger partial charge in [0.2, 0.25) is 0 Å². The lowest BCUT2D eigenvalue weighted by Crippen LogP contribution is -2.31. The number of halogens is 1. The summed E-state index contributed by atoms with van der Waals surface area (Å²) in [4.78, 5) is 0. The zero-order valence-electron chi connectivity index (χ0n) is 12.6. The summed E-state index contributed by atoms with van der Waals surface area (Å²) in [6, 6.07) is 3.87. The van der Waals surface area contributed by atoms with Crippen molar-refractivity contribution < 1.29 is 14.2 Å². The molecule has 0 aromatic heterocycles. The highest BCUT2D eigenvalue weighted by molar-refractivity contribution is 9.10. The summed E-state index contributed by atoms with van der Waals surface area (Å²) in [6.07, 6.45) is 0.400. The first-order chi connectivity index (χ1) is 9.99. The van der Waals surface area contributed by atoms with Crippen LogP contribution < -0.4 is 15.2 Å². The Morgan fingerprint density at radius 1 is 1.10 bits per heavy atom. The van der Waals surface area contributed by atoms with E-state index in [9.17, 15) is 0 Å². The topological polar surface area (TPSA) is 53.7 Å². The summed E-state index contributed by atoms with van der Waals surface area (Å²) in [6.45, 7) is 7.61. The molecule has 1 aromatic rings. The van der Waals surface area contributed by atoms with E-state index < -0.39 is 0 Å². The number of hydrogen-bond donors (Lipinski definition) is 1. The summed E-state index contributed by atoms with van der Waals surface area (Å²) in [5, 5.41) is 0. The molecule has 0 bridgehead atoms. The van der Waals surface area contributed by atoms with E-state index in [0.29, 0.717) is 25.0 Å². The molecule has 1 saturated heterocycles. The molecule has 5 heteroatoms. The summed E-state index contributed by atoms with van der Waals surface area (Å²) in [7, 11) is 0. The second-order valence-corrected chi connectivity index (χ2v) is 6.88. The van der Waals surface area contributed by atoms with Gasteiger partial charge in [-0.1, -0.05) is 22.9 Å². The molecule has 2 N–H and O–H groups in total. The second kappa shape index (κ2) is 5.78. The number of benzene rings is 1. The van der Waals surface area contributed by atoms with Crippen LogP contribution in [0.2, 0.25) is 0 Å². The van der Waals surface area contributed by atoms with E-state index in [2.05, 4.69) is 36.7 Å². The largest absolute Gasteiger partial charge is 0.486 e. The van der Waals surface area contributed by atoms with E-state index >= 15 is 0 Å². The van der Waals surface area contributed by atoms with Crippen LogP contribution in [0.4, 0.5) is 0 Å². The molecule has 1 aromatic carbocycles. The maximum atomic E-state index is 6.57. The van der Waals surface area contributed by atoms with Gasteiger partial charge in [-0.05, 0) is 37.5 Å². The van der Waals surface area contributed by atoms with Crippen molar-refractivity contribution in [1.29, 1.82) is 0 Å². The predicted octanol–water partition coefficient (Wildman–Crippen LogP) is 3.28. The Hall–Kier alpha value is -0.780. The highest BCUT2D eigenvalue weighted by Crippen LogP contribution is 2.44. The van der Waals surface area contributed by atoms with Crippen molar-refractivity contribution in [3.63, 3.8) is 0 Å². The Bertz CT molecular complexity index is 536. The lowest BCUT2D eigenvalue weighted by molar-refractivity contribution is 0.0489. The Morgan fingerprint density at radius 2 is 1.71 bits per heavy atom. The molecular formula is C16H22BrNO3. The number of fused-ring (bicyclic) bond motifs is 1.